The molecule has 9 heteroatoms. The summed E-state index contributed by atoms with van der Waals surface area (Å²) in [5.41, 5.74) is 0.624. The van der Waals surface area contributed by atoms with Gasteiger partial charge in [0.15, 0.2) is 0 Å². The SMILES string of the molecule is COc1ccc(NC(=O)[C@H]2CCCCN2S(=O)(=O)c2ccc(Cl)s2)c2ccccc12. The van der Waals surface area contributed by atoms with Gasteiger partial charge in [0.1, 0.15) is 16.0 Å². The average Bonchev–Trinajstić information content (AvgIpc) is 3.21. The number of nitrogens with zero attached hydrogens (tertiary/aromatic N) is 1. The first-order valence-corrected chi connectivity index (χ1v) is 12.2. The third-order valence-corrected chi connectivity index (χ3v) is 8.84. The van der Waals surface area contributed by atoms with Crippen LogP contribution in [0.4, 0.5) is 5.69 Å². The van der Waals surface area contributed by atoms with Gasteiger partial charge in [0.05, 0.1) is 11.4 Å². The van der Waals surface area contributed by atoms with Gasteiger partial charge in [-0.25, -0.2) is 8.42 Å². The normalized spacial score (nSPS) is 17.7. The van der Waals surface area contributed by atoms with E-state index in [4.69, 9.17) is 16.3 Å². The molecule has 3 aromatic rings. The highest BCUT2D eigenvalue weighted by atomic mass is 35.5. The Morgan fingerprint density at radius 3 is 2.60 bits per heavy atom. The number of hydrogen-bond donors (Lipinski definition) is 1. The highest BCUT2D eigenvalue weighted by Crippen LogP contribution is 2.34. The van der Waals surface area contributed by atoms with E-state index in [-0.39, 0.29) is 10.1 Å². The number of halogens is 1. The first kappa shape index (κ1) is 21.1. The predicted molar refractivity (Wildman–Crippen MR) is 120 cm³/mol. The van der Waals surface area contributed by atoms with Crippen molar-refractivity contribution in [2.75, 3.05) is 19.0 Å². The molecule has 1 atom stereocenters. The van der Waals surface area contributed by atoms with Crippen LogP contribution >= 0.6 is 22.9 Å². The van der Waals surface area contributed by atoms with Crippen LogP contribution in [0.5, 0.6) is 5.75 Å². The van der Waals surface area contributed by atoms with Gasteiger partial charge < -0.3 is 10.1 Å². The number of amides is 1. The Balaban J connectivity index is 1.65. The Kier molecular flexibility index (Phi) is 6.02. The summed E-state index contributed by atoms with van der Waals surface area (Å²) < 4.78 is 33.6. The van der Waals surface area contributed by atoms with Crippen molar-refractivity contribution >= 4 is 55.3 Å². The van der Waals surface area contributed by atoms with Gasteiger partial charge >= 0.3 is 0 Å². The van der Waals surface area contributed by atoms with Gasteiger partial charge in [0.2, 0.25) is 5.91 Å². The minimum absolute atomic E-state index is 0.155. The van der Waals surface area contributed by atoms with Gasteiger partial charge in [-0.3, -0.25) is 4.79 Å². The van der Waals surface area contributed by atoms with Crippen LogP contribution < -0.4 is 10.1 Å². The molecule has 6 nitrogen and oxygen atoms in total. The van der Waals surface area contributed by atoms with Crippen molar-refractivity contribution in [2.45, 2.75) is 29.5 Å². The van der Waals surface area contributed by atoms with Crippen LogP contribution in [-0.2, 0) is 14.8 Å². The molecule has 0 aliphatic carbocycles. The van der Waals surface area contributed by atoms with Crippen molar-refractivity contribution in [3.05, 3.63) is 52.9 Å². The molecule has 1 fully saturated rings. The predicted octanol–water partition coefficient (Wildman–Crippen LogP) is 4.75. The lowest BCUT2D eigenvalue weighted by Gasteiger charge is -2.33. The first-order valence-electron chi connectivity index (χ1n) is 9.55. The Morgan fingerprint density at radius 1 is 1.13 bits per heavy atom. The summed E-state index contributed by atoms with van der Waals surface area (Å²) in [6, 6.07) is 13.4. The molecule has 30 heavy (non-hydrogen) atoms. The van der Waals surface area contributed by atoms with E-state index < -0.39 is 16.1 Å². The van der Waals surface area contributed by atoms with E-state index in [1.165, 1.54) is 10.4 Å². The molecule has 0 saturated carbocycles. The fourth-order valence-corrected chi connectivity index (χ4v) is 7.05. The molecule has 2 heterocycles. The molecule has 1 saturated heterocycles. The van der Waals surface area contributed by atoms with Crippen molar-refractivity contribution in [1.29, 1.82) is 0 Å². The van der Waals surface area contributed by atoms with E-state index in [9.17, 15) is 13.2 Å². The summed E-state index contributed by atoms with van der Waals surface area (Å²) in [5, 5.41) is 4.65. The minimum atomic E-state index is -3.79. The van der Waals surface area contributed by atoms with E-state index in [0.29, 0.717) is 35.2 Å². The van der Waals surface area contributed by atoms with Gasteiger partial charge in [-0.1, -0.05) is 42.3 Å². The summed E-state index contributed by atoms with van der Waals surface area (Å²) in [6.07, 6.45) is 1.98. The molecule has 1 N–H and O–H groups in total. The second-order valence-corrected chi connectivity index (χ2v) is 10.9. The van der Waals surface area contributed by atoms with E-state index in [1.54, 1.807) is 25.3 Å². The number of hydrogen-bond acceptors (Lipinski definition) is 5. The summed E-state index contributed by atoms with van der Waals surface area (Å²) in [7, 11) is -2.20. The third-order valence-electron chi connectivity index (χ3n) is 5.23. The number of carbonyl (C=O) groups is 1. The molecule has 0 bridgehead atoms. The monoisotopic (exact) mass is 464 g/mol. The molecular formula is C21H21ClN2O4S2. The summed E-state index contributed by atoms with van der Waals surface area (Å²) in [4.78, 5) is 13.2. The van der Waals surface area contributed by atoms with Crippen molar-refractivity contribution in [3.8, 4) is 5.75 Å². The molecule has 0 unspecified atom stereocenters. The van der Waals surface area contributed by atoms with Crippen LogP contribution in [0.25, 0.3) is 10.8 Å². The van der Waals surface area contributed by atoms with Gasteiger partial charge in [-0.2, -0.15) is 4.31 Å². The van der Waals surface area contributed by atoms with Crippen LogP contribution in [0.1, 0.15) is 19.3 Å². The quantitative estimate of drug-likeness (QED) is 0.591. The van der Waals surface area contributed by atoms with E-state index in [1.807, 2.05) is 24.3 Å². The zero-order valence-electron chi connectivity index (χ0n) is 16.3. The number of piperidine rings is 1. The van der Waals surface area contributed by atoms with Gasteiger partial charge in [-0.05, 0) is 37.1 Å². The lowest BCUT2D eigenvalue weighted by atomic mass is 10.0. The average molecular weight is 465 g/mol. The smallest absolute Gasteiger partial charge is 0.253 e. The van der Waals surface area contributed by atoms with Crippen molar-refractivity contribution in [2.24, 2.45) is 0 Å². The Bertz CT molecular complexity index is 1190. The van der Waals surface area contributed by atoms with Gasteiger partial charge in [0.25, 0.3) is 10.0 Å². The summed E-state index contributed by atoms with van der Waals surface area (Å²) in [5.74, 6) is 0.372. The van der Waals surface area contributed by atoms with Gasteiger partial charge in [0, 0.05) is 23.0 Å². The fourth-order valence-electron chi connectivity index (χ4n) is 3.78. The minimum Gasteiger partial charge on any atom is -0.496 e. The second-order valence-electron chi connectivity index (χ2n) is 7.04. The highest BCUT2D eigenvalue weighted by molar-refractivity contribution is 7.91. The highest BCUT2D eigenvalue weighted by Gasteiger charge is 2.38. The number of methoxy groups -OCH3 is 1. The van der Waals surface area contributed by atoms with Crippen LogP contribution in [0, 0.1) is 0 Å². The number of benzene rings is 2. The van der Waals surface area contributed by atoms with E-state index in [2.05, 4.69) is 5.32 Å². The van der Waals surface area contributed by atoms with Crippen molar-refractivity contribution in [3.63, 3.8) is 0 Å². The number of sulfonamides is 1. The molecule has 158 valence electrons. The Labute approximate surface area is 184 Å². The van der Waals surface area contributed by atoms with Crippen LogP contribution in [-0.4, -0.2) is 38.3 Å². The largest absolute Gasteiger partial charge is 0.496 e. The number of rotatable bonds is 5. The molecular weight excluding hydrogens is 444 g/mol. The third kappa shape index (κ3) is 3.92. The summed E-state index contributed by atoms with van der Waals surface area (Å²) >= 11 is 6.94. The molecule has 1 amide bonds. The first-order chi connectivity index (χ1) is 14.4. The van der Waals surface area contributed by atoms with Crippen molar-refractivity contribution in [1.82, 2.24) is 4.31 Å². The number of carbonyl (C=O) groups excluding carboxylic acids is 1. The number of thiophene rings is 1. The van der Waals surface area contributed by atoms with Crippen LogP contribution in [0.3, 0.4) is 0 Å². The number of anilines is 1. The molecule has 0 spiro atoms. The van der Waals surface area contributed by atoms with Crippen molar-refractivity contribution < 1.29 is 17.9 Å². The topological polar surface area (TPSA) is 75.7 Å². The number of nitrogens with one attached hydrogen (secondary N) is 1. The molecule has 0 radical (unpaired) electrons. The van der Waals surface area contributed by atoms with Gasteiger partial charge in [-0.15, -0.1) is 11.3 Å². The second kappa shape index (κ2) is 8.55. The Morgan fingerprint density at radius 2 is 1.90 bits per heavy atom. The molecule has 4 rings (SSSR count). The lowest BCUT2D eigenvalue weighted by Crippen LogP contribution is -2.49. The van der Waals surface area contributed by atoms with Crippen LogP contribution in [0.2, 0.25) is 4.34 Å². The molecule has 1 aromatic heterocycles. The zero-order chi connectivity index (χ0) is 21.3. The van der Waals surface area contributed by atoms with Crippen LogP contribution in [0.15, 0.2) is 52.7 Å². The Hall–Kier alpha value is -2.13. The lowest BCUT2D eigenvalue weighted by molar-refractivity contribution is -0.120. The summed E-state index contributed by atoms with van der Waals surface area (Å²) in [6.45, 7) is 0.305. The maximum atomic E-state index is 13.2. The molecule has 2 aromatic carbocycles. The number of ether oxygens (including phenoxy) is 1. The van der Waals surface area contributed by atoms with E-state index in [0.717, 1.165) is 28.5 Å². The molecule has 1 aliphatic heterocycles. The maximum Gasteiger partial charge on any atom is 0.253 e. The standard InChI is InChI=1S/C21H21ClN2O4S2/c1-28-18-10-9-16(14-6-2-3-7-15(14)18)23-21(25)17-8-4-5-13-24(17)30(26,27)20-12-11-19(22)29-20/h2-3,6-7,9-12,17H,4-5,8,13H2,1H3,(H,23,25)/t17-/m1/s1. The maximum absolute atomic E-state index is 13.2. The van der Waals surface area contributed by atoms with E-state index >= 15 is 0 Å². The zero-order valence-corrected chi connectivity index (χ0v) is 18.7. The fraction of sp³-hybridized carbons (Fsp3) is 0.286. The number of fused-ring (bicyclic) bond motifs is 1. The molecule has 1 aliphatic rings.